The molecule has 4 heterocycles. The Balaban J connectivity index is 0.000000239. The number of methoxy groups -OCH3 is 2. The number of rotatable bonds is 9. The number of nitrogens with one attached hydrogen (secondary N) is 1. The first-order valence-electron chi connectivity index (χ1n) is 13.0. The van der Waals surface area contributed by atoms with Crippen molar-refractivity contribution in [2.24, 2.45) is 0 Å². The molecule has 43 heavy (non-hydrogen) atoms. The lowest BCUT2D eigenvalue weighted by Gasteiger charge is -2.34. The van der Waals surface area contributed by atoms with Gasteiger partial charge in [-0.1, -0.05) is 0 Å². The van der Waals surface area contributed by atoms with E-state index in [-0.39, 0.29) is 25.0 Å². The summed E-state index contributed by atoms with van der Waals surface area (Å²) in [5.74, 6) is 1.95. The second kappa shape index (κ2) is 14.3. The van der Waals surface area contributed by atoms with Gasteiger partial charge < -0.3 is 39.6 Å². The van der Waals surface area contributed by atoms with Gasteiger partial charge in [-0.2, -0.15) is 4.98 Å². The Labute approximate surface area is 245 Å². The summed E-state index contributed by atoms with van der Waals surface area (Å²) in [7, 11) is 3.14. The molecule has 1 saturated heterocycles. The highest BCUT2D eigenvalue weighted by molar-refractivity contribution is 5.94. The molecule has 4 aromatic rings. The standard InChI is InChI=1S/C19H21N5O4.C8H9N3O4/c1-26-15-10-12-13(11-16(15)27-2)21-19(22-17(12)20)24-7-5-23(6-8-24)18(25)14-4-3-9-28-14;12-8(7-2-1-3-9-6-7)10-4-5-15-11(13)14/h3-4,9-11H,5-8H2,1-2H3,(H2,20,21,22);1-3,6H,4-5H2,(H,10,12). The molecule has 226 valence electrons. The monoisotopic (exact) mass is 594 g/mol. The van der Waals surface area contributed by atoms with Crippen molar-refractivity contribution in [2.75, 3.05) is 64.2 Å². The van der Waals surface area contributed by atoms with Gasteiger partial charge >= 0.3 is 0 Å². The molecule has 0 aliphatic carbocycles. The molecule has 2 amide bonds. The Kier molecular flexibility index (Phi) is 10.1. The number of piperazine rings is 1. The van der Waals surface area contributed by atoms with Gasteiger partial charge in [-0.15, -0.1) is 10.1 Å². The predicted molar refractivity (Wildman–Crippen MR) is 153 cm³/mol. The molecule has 3 aromatic heterocycles. The molecule has 1 aliphatic heterocycles. The Bertz CT molecular complexity index is 1540. The van der Waals surface area contributed by atoms with Crippen molar-refractivity contribution >= 4 is 34.5 Å². The zero-order chi connectivity index (χ0) is 30.8. The van der Waals surface area contributed by atoms with Crippen LogP contribution in [-0.4, -0.2) is 90.3 Å². The molecule has 0 atom stereocenters. The van der Waals surface area contributed by atoms with E-state index in [0.717, 1.165) is 0 Å². The smallest absolute Gasteiger partial charge is 0.294 e. The van der Waals surface area contributed by atoms with Crippen LogP contribution in [0.15, 0.2) is 59.5 Å². The summed E-state index contributed by atoms with van der Waals surface area (Å²) in [4.78, 5) is 54.1. The fourth-order valence-electron chi connectivity index (χ4n) is 4.16. The average Bonchev–Trinajstić information content (AvgIpc) is 3.58. The van der Waals surface area contributed by atoms with Crippen LogP contribution in [0.25, 0.3) is 10.9 Å². The van der Waals surface area contributed by atoms with E-state index in [1.807, 2.05) is 4.90 Å². The van der Waals surface area contributed by atoms with Crippen molar-refractivity contribution in [1.82, 2.24) is 25.2 Å². The predicted octanol–water partition coefficient (Wildman–Crippen LogP) is 1.80. The second-order valence-corrected chi connectivity index (χ2v) is 8.94. The lowest BCUT2D eigenvalue weighted by Crippen LogP contribution is -2.49. The van der Waals surface area contributed by atoms with Crippen molar-refractivity contribution in [3.8, 4) is 11.5 Å². The first-order valence-corrected chi connectivity index (χ1v) is 13.0. The van der Waals surface area contributed by atoms with Crippen LogP contribution in [0.5, 0.6) is 11.5 Å². The van der Waals surface area contributed by atoms with Gasteiger partial charge in [0.25, 0.3) is 16.9 Å². The number of hydrogen-bond acceptors (Lipinski definition) is 13. The minimum Gasteiger partial charge on any atom is -0.493 e. The minimum atomic E-state index is -0.907. The number of benzene rings is 1. The van der Waals surface area contributed by atoms with E-state index in [2.05, 4.69) is 25.1 Å². The number of anilines is 2. The molecular weight excluding hydrogens is 564 g/mol. The summed E-state index contributed by atoms with van der Waals surface area (Å²) in [5, 5.41) is 12.0. The highest BCUT2D eigenvalue weighted by Crippen LogP contribution is 2.34. The van der Waals surface area contributed by atoms with Crippen LogP contribution in [0.3, 0.4) is 0 Å². The normalized spacial score (nSPS) is 12.6. The summed E-state index contributed by atoms with van der Waals surface area (Å²) in [6.45, 7) is 2.21. The third-order valence-corrected chi connectivity index (χ3v) is 6.31. The van der Waals surface area contributed by atoms with Gasteiger partial charge in [0.05, 0.1) is 31.6 Å². The molecule has 1 aliphatic rings. The first-order chi connectivity index (χ1) is 20.8. The molecular formula is C27H30N8O8. The van der Waals surface area contributed by atoms with Crippen LogP contribution in [-0.2, 0) is 4.84 Å². The van der Waals surface area contributed by atoms with Crippen molar-refractivity contribution in [3.63, 3.8) is 0 Å². The summed E-state index contributed by atoms with van der Waals surface area (Å²) in [6, 6.07) is 10.2. The Morgan fingerprint density at radius 1 is 1.09 bits per heavy atom. The molecule has 1 aromatic carbocycles. The minimum absolute atomic E-state index is 0.0781. The fraction of sp³-hybridized carbons (Fsp3) is 0.296. The largest absolute Gasteiger partial charge is 0.493 e. The molecule has 3 N–H and O–H groups in total. The number of aromatic nitrogens is 3. The maximum atomic E-state index is 12.4. The molecule has 16 nitrogen and oxygen atoms in total. The lowest BCUT2D eigenvalue weighted by molar-refractivity contribution is -0.757. The van der Waals surface area contributed by atoms with Crippen LogP contribution in [0.2, 0.25) is 0 Å². The maximum absolute atomic E-state index is 12.4. The molecule has 0 bridgehead atoms. The summed E-state index contributed by atoms with van der Waals surface area (Å²) in [5.41, 5.74) is 7.24. The lowest BCUT2D eigenvalue weighted by atomic mass is 10.2. The van der Waals surface area contributed by atoms with Crippen LogP contribution in [0.4, 0.5) is 11.8 Å². The Morgan fingerprint density at radius 2 is 1.84 bits per heavy atom. The van der Waals surface area contributed by atoms with Gasteiger partial charge in [0.15, 0.2) is 17.3 Å². The fourth-order valence-corrected chi connectivity index (χ4v) is 4.16. The van der Waals surface area contributed by atoms with E-state index >= 15 is 0 Å². The number of carbonyl (C=O) groups is 2. The SMILES string of the molecule is COc1cc2nc(N3CCN(C(=O)c4ccco4)CC3)nc(N)c2cc1OC.O=C(NCCO[N+](=O)[O-])c1cccnc1. The number of carbonyl (C=O) groups excluding carboxylic acids is 2. The topological polar surface area (TPSA) is 201 Å². The molecule has 5 rings (SSSR count). The van der Waals surface area contributed by atoms with Gasteiger partial charge in [-0.25, -0.2) is 4.98 Å². The van der Waals surface area contributed by atoms with E-state index < -0.39 is 5.09 Å². The van der Waals surface area contributed by atoms with Crippen molar-refractivity contribution in [2.45, 2.75) is 0 Å². The quantitative estimate of drug-likeness (QED) is 0.161. The molecule has 0 saturated carbocycles. The van der Waals surface area contributed by atoms with Gasteiger partial charge in [0.2, 0.25) is 5.95 Å². The average molecular weight is 595 g/mol. The van der Waals surface area contributed by atoms with Crippen LogP contribution in [0.1, 0.15) is 20.9 Å². The number of ether oxygens (including phenoxy) is 2. The number of nitrogens with two attached hydrogens (primary N) is 1. The van der Waals surface area contributed by atoms with Crippen molar-refractivity contribution in [1.29, 1.82) is 0 Å². The maximum Gasteiger partial charge on any atom is 0.294 e. The Hall–Kier alpha value is -5.67. The van der Waals surface area contributed by atoms with Gasteiger partial charge in [-0.3, -0.25) is 14.6 Å². The third-order valence-electron chi connectivity index (χ3n) is 6.31. The van der Waals surface area contributed by atoms with Gasteiger partial charge in [-0.05, 0) is 30.3 Å². The van der Waals surface area contributed by atoms with Crippen LogP contribution in [0, 0.1) is 10.1 Å². The molecule has 0 radical (unpaired) electrons. The molecule has 16 heteroatoms. The van der Waals surface area contributed by atoms with Crippen molar-refractivity contribution < 1.29 is 33.4 Å². The number of fused-ring (bicyclic) bond motifs is 1. The third kappa shape index (κ3) is 7.75. The molecule has 1 fully saturated rings. The highest BCUT2D eigenvalue weighted by Gasteiger charge is 2.25. The number of amides is 2. The first kappa shape index (κ1) is 30.3. The van der Waals surface area contributed by atoms with Crippen LogP contribution < -0.4 is 25.4 Å². The summed E-state index contributed by atoms with van der Waals surface area (Å²) in [6.07, 6.45) is 4.45. The number of pyridine rings is 1. The zero-order valence-corrected chi connectivity index (χ0v) is 23.5. The Morgan fingerprint density at radius 3 is 2.47 bits per heavy atom. The van der Waals surface area contributed by atoms with Gasteiger partial charge in [0, 0.05) is 56.6 Å². The van der Waals surface area contributed by atoms with E-state index in [1.165, 1.54) is 12.5 Å². The summed E-state index contributed by atoms with van der Waals surface area (Å²) >= 11 is 0. The van der Waals surface area contributed by atoms with E-state index in [4.69, 9.17) is 19.6 Å². The van der Waals surface area contributed by atoms with E-state index in [1.54, 1.807) is 61.7 Å². The van der Waals surface area contributed by atoms with Gasteiger partial charge in [0.1, 0.15) is 12.4 Å². The number of furan rings is 1. The molecule has 0 spiro atoms. The van der Waals surface area contributed by atoms with E-state index in [9.17, 15) is 19.7 Å². The van der Waals surface area contributed by atoms with E-state index in [0.29, 0.717) is 71.7 Å². The zero-order valence-electron chi connectivity index (χ0n) is 23.5. The number of nitrogens with zero attached hydrogens (tertiary/aromatic N) is 6. The van der Waals surface area contributed by atoms with Crippen LogP contribution >= 0.6 is 0 Å². The number of hydrogen-bond donors (Lipinski definition) is 2. The second-order valence-electron chi connectivity index (χ2n) is 8.94. The summed E-state index contributed by atoms with van der Waals surface area (Å²) < 4.78 is 15.9. The van der Waals surface area contributed by atoms with Crippen molar-refractivity contribution in [3.05, 3.63) is 76.5 Å². The molecule has 0 unspecified atom stereocenters. The number of nitrogen functional groups attached to an aromatic ring is 1. The highest BCUT2D eigenvalue weighted by atomic mass is 16.9.